The van der Waals surface area contributed by atoms with E-state index in [1.807, 2.05) is 13.8 Å². The molecule has 5 N–H and O–H groups in total. The molecule has 0 unspecified atom stereocenters. The number of hydrogen-bond donors (Lipinski definition) is 3. The quantitative estimate of drug-likeness (QED) is 0.450. The molecule has 1 aliphatic heterocycles. The van der Waals surface area contributed by atoms with E-state index < -0.39 is 26.7 Å². The third-order valence-corrected chi connectivity index (χ3v) is 6.21. The maximum Gasteiger partial charge on any atom is 0.332 e. The number of rotatable bonds is 7. The van der Waals surface area contributed by atoms with E-state index >= 15 is 0 Å². The Morgan fingerprint density at radius 3 is 2.49 bits per heavy atom. The number of carbonyl (C=O) groups excluding carboxylic acids is 1. The molecule has 1 aliphatic rings. The molecule has 2 aromatic carbocycles. The van der Waals surface area contributed by atoms with Crippen molar-refractivity contribution in [2.24, 2.45) is 21.5 Å². The van der Waals surface area contributed by atoms with Crippen molar-refractivity contribution < 1.29 is 21.8 Å². The molecule has 0 atom stereocenters. The third-order valence-electron chi connectivity index (χ3n) is 5.04. The molecule has 0 saturated carbocycles. The number of benzene rings is 2. The number of carbonyl (C=O) groups is 1. The minimum atomic E-state index is -4.94. The van der Waals surface area contributed by atoms with Crippen molar-refractivity contribution in [3.05, 3.63) is 47.0 Å². The first-order valence-corrected chi connectivity index (χ1v) is 11.8. The Hall–Kier alpha value is -3.09. The number of ether oxygens (including phenoxy) is 1. The van der Waals surface area contributed by atoms with Gasteiger partial charge in [0.1, 0.15) is 16.3 Å². The van der Waals surface area contributed by atoms with E-state index in [1.54, 1.807) is 23.1 Å². The largest absolute Gasteiger partial charge is 0.495 e. The first kappa shape index (κ1) is 28.1. The van der Waals surface area contributed by atoms with Crippen molar-refractivity contribution in [3.63, 3.8) is 0 Å². The Bertz CT molecular complexity index is 1300. The van der Waals surface area contributed by atoms with Crippen molar-refractivity contribution in [2.75, 3.05) is 17.3 Å². The molecule has 0 bridgehead atoms. The Balaban J connectivity index is 0.00000432. The van der Waals surface area contributed by atoms with Crippen LogP contribution in [0.2, 0.25) is 5.02 Å². The van der Waals surface area contributed by atoms with Gasteiger partial charge in [-0.05, 0) is 56.2 Å². The molecule has 1 amide bonds. The van der Waals surface area contributed by atoms with Gasteiger partial charge in [-0.25, -0.2) is 4.99 Å². The lowest BCUT2D eigenvalue weighted by Crippen LogP contribution is -2.54. The molecule has 14 heteroatoms. The highest BCUT2D eigenvalue weighted by atomic mass is 35.5. The number of aliphatic imine (C=N–C) groups is 2. The van der Waals surface area contributed by atoms with Crippen LogP contribution in [0, 0.1) is 0 Å². The smallest absolute Gasteiger partial charge is 0.332 e. The predicted octanol–water partition coefficient (Wildman–Crippen LogP) is 3.19. The molecule has 0 aliphatic carbocycles. The van der Waals surface area contributed by atoms with Gasteiger partial charge >= 0.3 is 10.2 Å². The maximum absolute atomic E-state index is 13.3. The third kappa shape index (κ3) is 6.53. The number of methoxy groups -OCH3 is 1. The summed E-state index contributed by atoms with van der Waals surface area (Å²) in [6.07, 6.45) is 0.306. The van der Waals surface area contributed by atoms with E-state index in [-0.39, 0.29) is 48.6 Å². The summed E-state index contributed by atoms with van der Waals surface area (Å²) in [5, 5.41) is 2.94. The second-order valence-corrected chi connectivity index (χ2v) is 9.65. The molecule has 1 heterocycles. The molecule has 0 fully saturated rings. The van der Waals surface area contributed by atoms with Crippen LogP contribution in [0.1, 0.15) is 25.8 Å². The second kappa shape index (κ2) is 10.7. The second-order valence-electron chi connectivity index (χ2n) is 7.89. The lowest BCUT2D eigenvalue weighted by atomic mass is 10.1. The van der Waals surface area contributed by atoms with Crippen LogP contribution in [-0.2, 0) is 21.4 Å². The van der Waals surface area contributed by atoms with Crippen LogP contribution in [0.4, 0.5) is 15.3 Å². The van der Waals surface area contributed by atoms with Crippen LogP contribution in [0.25, 0.3) is 0 Å². The van der Waals surface area contributed by atoms with Crippen LogP contribution in [0.5, 0.6) is 5.75 Å². The van der Waals surface area contributed by atoms with Gasteiger partial charge in [-0.15, -0.1) is 16.3 Å². The van der Waals surface area contributed by atoms with Gasteiger partial charge in [0.15, 0.2) is 0 Å². The van der Waals surface area contributed by atoms with E-state index in [0.29, 0.717) is 16.3 Å². The molecule has 3 rings (SSSR count). The molecule has 35 heavy (non-hydrogen) atoms. The van der Waals surface area contributed by atoms with E-state index in [1.165, 1.54) is 13.2 Å². The average molecular weight is 547 g/mol. The highest BCUT2D eigenvalue weighted by Gasteiger charge is 2.33. The summed E-state index contributed by atoms with van der Waals surface area (Å²) >= 11 is 6.45. The van der Waals surface area contributed by atoms with Crippen molar-refractivity contribution in [1.29, 1.82) is 0 Å². The molecule has 0 radical (unpaired) electrons. The summed E-state index contributed by atoms with van der Waals surface area (Å²) < 4.78 is 40.8. The van der Waals surface area contributed by atoms with Gasteiger partial charge in [0.05, 0.1) is 12.8 Å². The van der Waals surface area contributed by atoms with Crippen molar-refractivity contribution in [3.8, 4) is 5.75 Å². The SMILES string of the molecule is COc1ccc(S(=O)(=O)F)cc1NC(=O)CCc1ccc(N2C(N)=NC(N)=NC2(C)C)cc1Cl.Cl. The minimum absolute atomic E-state index is 0. The fourth-order valence-electron chi connectivity index (χ4n) is 3.53. The lowest BCUT2D eigenvalue weighted by Gasteiger charge is -2.38. The van der Waals surface area contributed by atoms with Gasteiger partial charge < -0.3 is 21.5 Å². The number of anilines is 2. The van der Waals surface area contributed by atoms with Gasteiger partial charge in [0, 0.05) is 17.1 Å². The molecule has 0 aromatic heterocycles. The molecular formula is C21H25Cl2FN6O4S. The van der Waals surface area contributed by atoms with Gasteiger partial charge in [-0.1, -0.05) is 17.7 Å². The fourth-order valence-corrected chi connectivity index (χ4v) is 4.29. The van der Waals surface area contributed by atoms with Crippen LogP contribution in [0.15, 0.2) is 51.3 Å². The molecule has 0 saturated heterocycles. The Labute approximate surface area is 213 Å². The van der Waals surface area contributed by atoms with E-state index in [9.17, 15) is 17.1 Å². The zero-order chi connectivity index (χ0) is 25.3. The van der Waals surface area contributed by atoms with Crippen molar-refractivity contribution in [1.82, 2.24) is 0 Å². The summed E-state index contributed by atoms with van der Waals surface area (Å²) in [5.41, 5.74) is 12.4. The fraction of sp³-hybridized carbons (Fsp3) is 0.286. The Morgan fingerprint density at radius 2 is 1.91 bits per heavy atom. The van der Waals surface area contributed by atoms with Crippen LogP contribution in [-0.4, -0.2) is 39.0 Å². The number of aryl methyl sites for hydroxylation is 1. The number of nitrogens with two attached hydrogens (primary N) is 2. The zero-order valence-corrected chi connectivity index (χ0v) is 21.5. The molecule has 0 spiro atoms. The maximum atomic E-state index is 13.3. The van der Waals surface area contributed by atoms with Crippen LogP contribution in [0.3, 0.4) is 0 Å². The van der Waals surface area contributed by atoms with Gasteiger partial charge in [0.25, 0.3) is 0 Å². The topological polar surface area (TPSA) is 152 Å². The Morgan fingerprint density at radius 1 is 1.23 bits per heavy atom. The first-order valence-electron chi connectivity index (χ1n) is 10.0. The van der Waals surface area contributed by atoms with E-state index in [4.69, 9.17) is 27.8 Å². The Kier molecular flexibility index (Phi) is 8.58. The summed E-state index contributed by atoms with van der Waals surface area (Å²) in [6, 6.07) is 8.52. The van der Waals surface area contributed by atoms with Gasteiger partial charge in [-0.3, -0.25) is 9.69 Å². The molecule has 2 aromatic rings. The minimum Gasteiger partial charge on any atom is -0.495 e. The van der Waals surface area contributed by atoms with Crippen LogP contribution < -0.4 is 26.4 Å². The van der Waals surface area contributed by atoms with E-state index in [2.05, 4.69) is 15.3 Å². The number of guanidine groups is 2. The normalized spacial score (nSPS) is 14.9. The van der Waals surface area contributed by atoms with Crippen LogP contribution >= 0.6 is 24.0 Å². The number of nitrogens with one attached hydrogen (secondary N) is 1. The van der Waals surface area contributed by atoms with Crippen molar-refractivity contribution >= 4 is 63.4 Å². The monoisotopic (exact) mass is 546 g/mol. The van der Waals surface area contributed by atoms with E-state index in [0.717, 1.165) is 12.1 Å². The lowest BCUT2D eigenvalue weighted by molar-refractivity contribution is -0.116. The summed E-state index contributed by atoms with van der Waals surface area (Å²) in [7, 11) is -3.59. The zero-order valence-electron chi connectivity index (χ0n) is 19.1. The number of amides is 1. The summed E-state index contributed by atoms with van der Waals surface area (Å²) in [4.78, 5) is 21.9. The van der Waals surface area contributed by atoms with Gasteiger partial charge in [-0.2, -0.15) is 13.4 Å². The standard InChI is InChI=1S/C21H24ClFN6O4S.ClH/c1-21(2)28-19(24)27-20(25)29(21)13-6-4-12(15(22)10-13)5-9-18(30)26-16-11-14(34(23,31)32)7-8-17(16)33-3;/h4,6-8,10-11H,5,9H2,1-3H3,(H,26,30)(H4,24,25,27,28);1H. The molecular weight excluding hydrogens is 522 g/mol. The molecule has 10 nitrogen and oxygen atoms in total. The highest BCUT2D eigenvalue weighted by Crippen LogP contribution is 2.32. The number of hydrogen-bond acceptors (Lipinski definition) is 9. The summed E-state index contributed by atoms with van der Waals surface area (Å²) in [6.45, 7) is 3.65. The predicted molar refractivity (Wildman–Crippen MR) is 137 cm³/mol. The van der Waals surface area contributed by atoms with Gasteiger partial charge in [0.2, 0.25) is 17.8 Å². The highest BCUT2D eigenvalue weighted by molar-refractivity contribution is 7.86. The number of halogens is 3. The number of nitrogens with zero attached hydrogens (tertiary/aromatic N) is 3. The van der Waals surface area contributed by atoms with Crippen molar-refractivity contribution in [2.45, 2.75) is 37.2 Å². The molecule has 190 valence electrons. The first-order chi connectivity index (χ1) is 15.8. The summed E-state index contributed by atoms with van der Waals surface area (Å²) in [5.74, 6) is 0.00552. The average Bonchev–Trinajstić information content (AvgIpc) is 2.71.